The molecule has 0 aliphatic carbocycles. The Morgan fingerprint density at radius 3 is 1.15 bits per heavy atom. The van der Waals surface area contributed by atoms with Crippen LogP contribution in [0.2, 0.25) is 0 Å². The number of fused-ring (bicyclic) bond motifs is 32. The maximum absolute atomic E-state index is 7.00. The van der Waals surface area contributed by atoms with E-state index in [0.29, 0.717) is 0 Å². The SMILES string of the molecule is c1ccc(-c2ccc(-c3cccc(N(c4ccc5c(c4)oc4ccc6ccccc6c45)c4cccc5sc6ccccc6c45)c3)cc2)cc1.c1ccc(-c2ccc(N(c3cccc4c3oc3ccc5ccccc5c34)c3cccc4c3sc3ccc5ccccc5c34)cc2)cc1.c1ccc(N(c2cc3ccccc3c3c2oc2ccc4ccccc4c23)c2cc3ccccc3c3c2sc2ccc4ccccc4c23)cc1. The number of nitrogens with zero attached hydrogens (tertiary/aromatic N) is 3. The van der Waals surface area contributed by atoms with Crippen molar-refractivity contribution in [2.75, 3.05) is 14.7 Å². The number of furan rings is 3. The molecule has 6 heterocycles. The summed E-state index contributed by atoms with van der Waals surface area (Å²) in [6.07, 6.45) is 0. The standard InChI is InChI=1S/C46H27NOS.C46H29NOS.C44H27NOS/c1-2-16-32(17-3-1)47(37-26-30-14-6-10-20-35(30)43-41-33-18-8-4-12-28(33)22-24-39(41)48-45(37)43)38-27-31-15-7-11-21-36(31)44-42-34-19-9-5-13-29(34)23-25-40(42)49-46(38)44;1-2-10-30(11-3-1)31-20-22-32(23-21-31)34-13-8-14-35(28-34)47(40-17-9-19-44-46(40)39-16-6-7-18-43(39)49-44)36-25-26-38-42(29-36)48-41-27-24-33-12-4-5-15-37(33)45(38)41;1-2-10-28(11-3-1)29-20-24-32(25-21-29)45(37-18-8-16-35-41-33-14-6-4-12-30(33)22-26-39(41)46-43(35)37)38-19-9-17-36-42-34-15-7-5-13-31(34)23-27-40(42)47-44(36)38/h1-27H;1-29H;1-27H. The predicted octanol–water partition coefficient (Wildman–Crippen LogP) is 41.3. The lowest BCUT2D eigenvalue weighted by atomic mass is 9.97. The zero-order chi connectivity index (χ0) is 95.3. The van der Waals surface area contributed by atoms with Crippen molar-refractivity contribution in [2.45, 2.75) is 0 Å². The summed E-state index contributed by atoms with van der Waals surface area (Å²) in [6.45, 7) is 0. The first-order valence-electron chi connectivity index (χ1n) is 49.2. The fourth-order valence-corrected chi connectivity index (χ4v) is 26.3. The Labute approximate surface area is 845 Å². The summed E-state index contributed by atoms with van der Waals surface area (Å²) in [5.41, 5.74) is 22.3. The van der Waals surface area contributed by atoms with Crippen LogP contribution >= 0.6 is 34.0 Å². The first kappa shape index (κ1) is 83.7. The molecular formula is C136H83N3O3S3. The van der Waals surface area contributed by atoms with Gasteiger partial charge in [-0.3, -0.25) is 0 Å². The molecule has 0 spiro atoms. The summed E-state index contributed by atoms with van der Waals surface area (Å²) in [4.78, 5) is 7.22. The lowest BCUT2D eigenvalue weighted by Gasteiger charge is -2.27. The van der Waals surface area contributed by atoms with Crippen molar-refractivity contribution in [1.29, 1.82) is 0 Å². The molecule has 0 unspecified atom stereocenters. The van der Waals surface area contributed by atoms with Crippen LogP contribution in [0.15, 0.2) is 517 Å². The lowest BCUT2D eigenvalue weighted by molar-refractivity contribution is 0.669. The van der Waals surface area contributed by atoms with E-state index < -0.39 is 0 Å². The van der Waals surface area contributed by atoms with Crippen molar-refractivity contribution in [3.8, 4) is 33.4 Å². The van der Waals surface area contributed by atoms with Crippen molar-refractivity contribution in [2.24, 2.45) is 0 Å². The molecule has 0 N–H and O–H groups in total. The minimum Gasteiger partial charge on any atom is -0.456 e. The smallest absolute Gasteiger partial charge is 0.160 e. The molecule has 6 nitrogen and oxygen atoms in total. The first-order chi connectivity index (χ1) is 71.9. The molecule has 0 radical (unpaired) electrons. The molecule has 0 atom stereocenters. The Hall–Kier alpha value is -18.2. The molecule has 0 fully saturated rings. The summed E-state index contributed by atoms with van der Waals surface area (Å²) >= 11 is 5.58. The molecule has 31 rings (SSSR count). The van der Waals surface area contributed by atoms with Gasteiger partial charge in [0.15, 0.2) is 11.2 Å². The van der Waals surface area contributed by atoms with E-state index in [4.69, 9.17) is 13.3 Å². The molecule has 25 aromatic carbocycles. The van der Waals surface area contributed by atoms with E-state index in [9.17, 15) is 0 Å². The van der Waals surface area contributed by atoms with E-state index in [1.807, 2.05) is 34.0 Å². The third kappa shape index (κ3) is 13.9. The van der Waals surface area contributed by atoms with E-state index >= 15 is 0 Å². The van der Waals surface area contributed by atoms with Crippen LogP contribution in [-0.4, -0.2) is 0 Å². The molecule has 0 bridgehead atoms. The highest BCUT2D eigenvalue weighted by atomic mass is 32.1. The van der Waals surface area contributed by atoms with Crippen molar-refractivity contribution < 1.29 is 13.3 Å². The summed E-state index contributed by atoms with van der Waals surface area (Å²) < 4.78 is 28.0. The monoisotopic (exact) mass is 1900 g/mol. The highest BCUT2D eigenvalue weighted by Crippen LogP contribution is 2.56. The minimum absolute atomic E-state index is 0.879. The van der Waals surface area contributed by atoms with Gasteiger partial charge in [0.05, 0.1) is 37.8 Å². The Morgan fingerprint density at radius 1 is 0.145 bits per heavy atom. The van der Waals surface area contributed by atoms with Gasteiger partial charge < -0.3 is 28.0 Å². The second-order valence-electron chi connectivity index (χ2n) is 37.4. The number of thiophene rings is 3. The van der Waals surface area contributed by atoms with E-state index in [0.717, 1.165) is 117 Å². The summed E-state index contributed by atoms with van der Waals surface area (Å²) in [5, 5.41) is 31.9. The minimum atomic E-state index is 0.879. The Morgan fingerprint density at radius 2 is 0.524 bits per heavy atom. The highest BCUT2D eigenvalue weighted by molar-refractivity contribution is 7.27. The fraction of sp³-hybridized carbons (Fsp3) is 0. The van der Waals surface area contributed by atoms with Crippen molar-refractivity contribution in [3.63, 3.8) is 0 Å². The second kappa shape index (κ2) is 34.3. The molecule has 0 aliphatic heterocycles. The highest BCUT2D eigenvalue weighted by Gasteiger charge is 2.30. The van der Waals surface area contributed by atoms with Gasteiger partial charge in [-0.2, -0.15) is 0 Å². The Kier molecular flexibility index (Phi) is 19.8. The van der Waals surface area contributed by atoms with Crippen molar-refractivity contribution >= 4 is 287 Å². The van der Waals surface area contributed by atoms with E-state index in [1.165, 1.54) is 169 Å². The van der Waals surface area contributed by atoms with E-state index in [2.05, 4.69) is 518 Å². The van der Waals surface area contributed by atoms with Crippen LogP contribution in [0.3, 0.4) is 0 Å². The van der Waals surface area contributed by atoms with Gasteiger partial charge in [0, 0.05) is 112 Å². The first-order valence-corrected chi connectivity index (χ1v) is 51.7. The third-order valence-corrected chi connectivity index (χ3v) is 32.8. The van der Waals surface area contributed by atoms with Gasteiger partial charge >= 0.3 is 0 Å². The average Bonchev–Trinajstić information content (AvgIpc) is 1.55. The van der Waals surface area contributed by atoms with Gasteiger partial charge in [0.1, 0.15) is 22.3 Å². The quantitative estimate of drug-likeness (QED) is 0.121. The third-order valence-electron chi connectivity index (χ3n) is 29.3. The number of anilines is 9. The normalized spacial score (nSPS) is 11.9. The van der Waals surface area contributed by atoms with E-state index in [1.54, 1.807) is 0 Å². The van der Waals surface area contributed by atoms with Crippen molar-refractivity contribution in [3.05, 3.63) is 504 Å². The largest absolute Gasteiger partial charge is 0.456 e. The predicted molar refractivity (Wildman–Crippen MR) is 623 cm³/mol. The van der Waals surface area contributed by atoms with Gasteiger partial charge in [-0.05, 0) is 230 Å². The van der Waals surface area contributed by atoms with Crippen LogP contribution in [0, 0.1) is 0 Å². The van der Waals surface area contributed by atoms with Crippen LogP contribution in [-0.2, 0) is 0 Å². The van der Waals surface area contributed by atoms with Gasteiger partial charge in [0.2, 0.25) is 0 Å². The van der Waals surface area contributed by atoms with Crippen LogP contribution < -0.4 is 14.7 Å². The molecule has 0 amide bonds. The number of benzene rings is 25. The molecule has 0 aliphatic rings. The summed E-state index contributed by atoms with van der Waals surface area (Å²) in [6, 6.07) is 181. The average molecular weight is 1900 g/mol. The number of hydrogen-bond acceptors (Lipinski definition) is 9. The van der Waals surface area contributed by atoms with Crippen LogP contribution in [0.5, 0.6) is 0 Å². The summed E-state index contributed by atoms with van der Waals surface area (Å²) in [5.74, 6) is 0. The van der Waals surface area contributed by atoms with Gasteiger partial charge in [-0.25, -0.2) is 0 Å². The lowest BCUT2D eigenvalue weighted by Crippen LogP contribution is -2.10. The molecule has 6 aromatic heterocycles. The number of rotatable bonds is 12. The molecule has 9 heteroatoms. The van der Waals surface area contributed by atoms with Gasteiger partial charge in [-0.1, -0.05) is 376 Å². The number of para-hydroxylation sites is 2. The molecular weight excluding hydrogens is 1820 g/mol. The molecule has 678 valence electrons. The van der Waals surface area contributed by atoms with E-state index in [-0.39, 0.29) is 0 Å². The van der Waals surface area contributed by atoms with Crippen LogP contribution in [0.25, 0.3) is 235 Å². The Bertz CT molecular complexity index is 10300. The zero-order valence-electron chi connectivity index (χ0n) is 78.2. The van der Waals surface area contributed by atoms with Gasteiger partial charge in [-0.15, -0.1) is 34.0 Å². The van der Waals surface area contributed by atoms with Crippen LogP contribution in [0.4, 0.5) is 51.2 Å². The fourth-order valence-electron chi connectivity index (χ4n) is 22.7. The van der Waals surface area contributed by atoms with Gasteiger partial charge in [0.25, 0.3) is 0 Å². The maximum Gasteiger partial charge on any atom is 0.160 e. The summed E-state index contributed by atoms with van der Waals surface area (Å²) in [7, 11) is 0. The number of hydrogen-bond donors (Lipinski definition) is 0. The maximum atomic E-state index is 7.00. The topological polar surface area (TPSA) is 49.1 Å². The van der Waals surface area contributed by atoms with Crippen LogP contribution in [0.1, 0.15) is 0 Å². The second-order valence-corrected chi connectivity index (χ2v) is 40.6. The zero-order valence-corrected chi connectivity index (χ0v) is 80.7. The molecule has 31 aromatic rings. The van der Waals surface area contributed by atoms with Crippen molar-refractivity contribution in [1.82, 2.24) is 0 Å². The molecule has 0 saturated heterocycles. The molecule has 145 heavy (non-hydrogen) atoms. The molecule has 0 saturated carbocycles. The Balaban J connectivity index is 0.000000103.